The number of alkyl halides is 2. The Balaban J connectivity index is 1.90. The first-order valence-corrected chi connectivity index (χ1v) is 12.1. The van der Waals surface area contributed by atoms with Crippen molar-refractivity contribution < 1.29 is 18.7 Å². The van der Waals surface area contributed by atoms with Gasteiger partial charge in [0, 0.05) is 43.3 Å². The Hall–Kier alpha value is -3.20. The van der Waals surface area contributed by atoms with Crippen LogP contribution in [0.15, 0.2) is 41.2 Å². The average Bonchev–Trinajstić information content (AvgIpc) is 2.79. The fourth-order valence-electron chi connectivity index (χ4n) is 4.60. The van der Waals surface area contributed by atoms with Gasteiger partial charge in [-0.15, -0.1) is 0 Å². The van der Waals surface area contributed by atoms with E-state index in [1.165, 1.54) is 34.9 Å². The lowest BCUT2D eigenvalue weighted by molar-refractivity contribution is 0.00103. The minimum Gasteiger partial charge on any atom is -0.478 e. The Bertz CT molecular complexity index is 1370. The molecule has 2 heterocycles. The highest BCUT2D eigenvalue weighted by Crippen LogP contribution is 2.39. The van der Waals surface area contributed by atoms with Gasteiger partial charge in [0.25, 0.3) is 11.5 Å². The van der Waals surface area contributed by atoms with Gasteiger partial charge in [-0.05, 0) is 42.5 Å². The predicted molar refractivity (Wildman–Crippen MR) is 138 cm³/mol. The molecule has 36 heavy (non-hydrogen) atoms. The van der Waals surface area contributed by atoms with E-state index in [4.69, 9.17) is 16.6 Å². The van der Waals surface area contributed by atoms with Gasteiger partial charge in [-0.1, -0.05) is 37.6 Å². The number of fused-ring (bicyclic) bond motifs is 1. The van der Waals surface area contributed by atoms with Crippen molar-refractivity contribution in [3.05, 3.63) is 62.9 Å². The van der Waals surface area contributed by atoms with E-state index < -0.39 is 23.5 Å². The summed E-state index contributed by atoms with van der Waals surface area (Å²) in [6.07, 6.45) is 1.80. The molecule has 192 valence electrons. The van der Waals surface area contributed by atoms with Crippen LogP contribution >= 0.6 is 11.6 Å². The number of para-hydroxylation sites is 1. The number of hydrogen-bond acceptors (Lipinski definition) is 5. The molecule has 1 saturated heterocycles. The second kappa shape index (κ2) is 9.35. The summed E-state index contributed by atoms with van der Waals surface area (Å²) in [5, 5.41) is 12.5. The summed E-state index contributed by atoms with van der Waals surface area (Å²) in [6.45, 7) is 6.46. The Morgan fingerprint density at radius 2 is 1.86 bits per heavy atom. The number of benzene rings is 2. The smallest absolute Gasteiger partial charge is 0.337 e. The van der Waals surface area contributed by atoms with Crippen LogP contribution in [0.25, 0.3) is 10.9 Å². The molecule has 2 N–H and O–H groups in total. The van der Waals surface area contributed by atoms with E-state index >= 15 is 8.78 Å². The molecule has 0 saturated carbocycles. The number of halogens is 3. The van der Waals surface area contributed by atoms with Crippen LogP contribution in [0, 0.1) is 5.41 Å². The highest BCUT2D eigenvalue weighted by Gasteiger charge is 2.38. The van der Waals surface area contributed by atoms with Crippen molar-refractivity contribution in [1.29, 1.82) is 0 Å². The molecule has 7 nitrogen and oxygen atoms in total. The number of carboxylic acid groups (broad SMARTS) is 1. The van der Waals surface area contributed by atoms with Crippen molar-refractivity contribution in [2.75, 3.05) is 23.3 Å². The van der Waals surface area contributed by atoms with Crippen LogP contribution in [-0.4, -0.2) is 39.6 Å². The van der Waals surface area contributed by atoms with Gasteiger partial charge in [0.05, 0.1) is 16.5 Å². The molecule has 1 aliphatic heterocycles. The molecule has 4 rings (SSSR count). The Labute approximate surface area is 212 Å². The number of nitrogens with one attached hydrogen (secondary N) is 1. The second-order valence-corrected chi connectivity index (χ2v) is 10.6. The molecule has 0 aliphatic carbocycles. The first-order valence-electron chi connectivity index (χ1n) is 11.7. The molecule has 0 spiro atoms. The monoisotopic (exact) mass is 518 g/mol. The zero-order valence-corrected chi connectivity index (χ0v) is 21.4. The largest absolute Gasteiger partial charge is 0.478 e. The maximum atomic E-state index is 15.1. The van der Waals surface area contributed by atoms with Gasteiger partial charge in [0.2, 0.25) is 5.95 Å². The van der Waals surface area contributed by atoms with Crippen LogP contribution in [0.1, 0.15) is 55.6 Å². The van der Waals surface area contributed by atoms with E-state index in [0.717, 1.165) is 19.8 Å². The van der Waals surface area contributed by atoms with Crippen LogP contribution in [0.5, 0.6) is 0 Å². The van der Waals surface area contributed by atoms with Crippen LogP contribution in [0.2, 0.25) is 5.02 Å². The van der Waals surface area contributed by atoms with Crippen LogP contribution in [0.4, 0.5) is 20.4 Å². The summed E-state index contributed by atoms with van der Waals surface area (Å²) in [5.41, 5.74) is -0.240. The molecular weight excluding hydrogens is 490 g/mol. The number of piperidine rings is 1. The van der Waals surface area contributed by atoms with Gasteiger partial charge >= 0.3 is 5.97 Å². The number of rotatable bonds is 6. The van der Waals surface area contributed by atoms with Crippen LogP contribution < -0.4 is 15.8 Å². The number of anilines is 2. The molecule has 0 radical (unpaired) electrons. The van der Waals surface area contributed by atoms with Gasteiger partial charge in [-0.2, -0.15) is 0 Å². The Morgan fingerprint density at radius 1 is 1.22 bits per heavy atom. The average molecular weight is 519 g/mol. The highest BCUT2D eigenvalue weighted by atomic mass is 35.5. The summed E-state index contributed by atoms with van der Waals surface area (Å²) in [4.78, 5) is 31.8. The van der Waals surface area contributed by atoms with E-state index in [-0.39, 0.29) is 38.2 Å². The zero-order valence-electron chi connectivity index (χ0n) is 20.6. The first-order chi connectivity index (χ1) is 16.8. The number of aromatic carboxylic acids is 1. The highest BCUT2D eigenvalue weighted by molar-refractivity contribution is 6.31. The normalized spacial score (nSPS) is 16.7. The zero-order chi connectivity index (χ0) is 26.4. The molecule has 1 unspecified atom stereocenters. The lowest BCUT2D eigenvalue weighted by Crippen LogP contribution is -2.40. The standard InChI is InChI=1S/C26H29ClF2N4O3/c1-25(2)9-11-33(12-10-25)24-31-20-17(13-15(27)14-18(20)22(34)32(24)4)21(26(3,28)29)30-19-8-6-5-7-16(19)23(35)36/h5-8,13-14,21,30H,9-12H2,1-4H3,(H,35,36). The maximum absolute atomic E-state index is 15.1. The number of nitrogens with zero attached hydrogens (tertiary/aromatic N) is 3. The summed E-state index contributed by atoms with van der Waals surface area (Å²) in [5.74, 6) is -4.22. The Kier molecular flexibility index (Phi) is 6.72. The molecule has 1 aliphatic rings. The number of carboxylic acids is 1. The molecule has 10 heteroatoms. The number of aromatic nitrogens is 2. The first kappa shape index (κ1) is 25.9. The van der Waals surface area contributed by atoms with Crippen molar-refractivity contribution in [1.82, 2.24) is 9.55 Å². The summed E-state index contributed by atoms with van der Waals surface area (Å²) in [7, 11) is 1.61. The lowest BCUT2D eigenvalue weighted by atomic mass is 9.83. The number of hydrogen-bond donors (Lipinski definition) is 2. The fraction of sp³-hybridized carbons (Fsp3) is 0.423. The lowest BCUT2D eigenvalue weighted by Gasteiger charge is -2.38. The SMILES string of the molecule is Cn1c(N2CCC(C)(C)CC2)nc2c(C(Nc3ccccc3C(=O)O)C(C)(F)F)cc(Cl)cc2c1=O. The van der Waals surface area contributed by atoms with Gasteiger partial charge < -0.3 is 15.3 Å². The summed E-state index contributed by atoms with van der Waals surface area (Å²) < 4.78 is 31.6. The molecule has 3 aromatic rings. The maximum Gasteiger partial charge on any atom is 0.337 e. The van der Waals surface area contributed by atoms with Crippen molar-refractivity contribution in [3.63, 3.8) is 0 Å². The fourth-order valence-corrected chi connectivity index (χ4v) is 4.82. The van der Waals surface area contributed by atoms with Gasteiger partial charge in [-0.3, -0.25) is 9.36 Å². The van der Waals surface area contributed by atoms with Crippen molar-refractivity contribution in [2.24, 2.45) is 12.5 Å². The van der Waals surface area contributed by atoms with Crippen molar-refractivity contribution >= 4 is 40.1 Å². The minimum absolute atomic E-state index is 0.0153. The molecule has 0 bridgehead atoms. The molecule has 1 fully saturated rings. The molecule has 1 atom stereocenters. The number of carbonyl (C=O) groups is 1. The minimum atomic E-state index is -3.36. The molecule has 0 amide bonds. The van der Waals surface area contributed by atoms with Gasteiger partial charge in [0.15, 0.2) is 0 Å². The van der Waals surface area contributed by atoms with Crippen molar-refractivity contribution in [2.45, 2.75) is 45.6 Å². The molecule has 2 aromatic carbocycles. The summed E-state index contributed by atoms with van der Waals surface area (Å²) >= 11 is 6.29. The van der Waals surface area contributed by atoms with E-state index in [1.807, 2.05) is 4.90 Å². The van der Waals surface area contributed by atoms with Gasteiger partial charge in [-0.25, -0.2) is 18.6 Å². The third kappa shape index (κ3) is 5.02. The predicted octanol–water partition coefficient (Wildman–Crippen LogP) is 5.72. The van der Waals surface area contributed by atoms with Crippen LogP contribution in [0.3, 0.4) is 0 Å². The van der Waals surface area contributed by atoms with E-state index in [2.05, 4.69) is 19.2 Å². The Morgan fingerprint density at radius 3 is 2.47 bits per heavy atom. The summed E-state index contributed by atoms with van der Waals surface area (Å²) in [6, 6.07) is 6.90. The topological polar surface area (TPSA) is 87.5 Å². The van der Waals surface area contributed by atoms with E-state index in [0.29, 0.717) is 19.0 Å². The van der Waals surface area contributed by atoms with Gasteiger partial charge in [0.1, 0.15) is 6.04 Å². The third-order valence-corrected chi connectivity index (χ3v) is 7.04. The van der Waals surface area contributed by atoms with Crippen molar-refractivity contribution in [3.8, 4) is 0 Å². The quantitative estimate of drug-likeness (QED) is 0.434. The molecule has 1 aromatic heterocycles. The van der Waals surface area contributed by atoms with Crippen LogP contribution in [-0.2, 0) is 7.05 Å². The second-order valence-electron chi connectivity index (χ2n) is 10.2. The molecular formula is C26H29ClF2N4O3. The van der Waals surface area contributed by atoms with E-state index in [9.17, 15) is 14.7 Å². The van der Waals surface area contributed by atoms with E-state index in [1.54, 1.807) is 13.1 Å². The third-order valence-electron chi connectivity index (χ3n) is 6.83.